The van der Waals surface area contributed by atoms with Gasteiger partial charge in [0.25, 0.3) is 0 Å². The van der Waals surface area contributed by atoms with Gasteiger partial charge in [-0.1, -0.05) is 6.58 Å². The van der Waals surface area contributed by atoms with Gasteiger partial charge < -0.3 is 4.74 Å². The smallest absolute Gasteiger partial charge is 0.393 e. The summed E-state index contributed by atoms with van der Waals surface area (Å²) in [6, 6.07) is 0. The minimum Gasteiger partial charge on any atom is -0.393 e. The molecule has 0 saturated heterocycles. The summed E-state index contributed by atoms with van der Waals surface area (Å²) in [6.07, 6.45) is -8.18. The fourth-order valence-electron chi connectivity index (χ4n) is 3.66. The molecule has 0 aromatic carbocycles. The van der Waals surface area contributed by atoms with E-state index in [1.54, 1.807) is 0 Å². The molecule has 314 valence electrons. The molecule has 0 aliphatic heterocycles. The molecule has 0 spiro atoms. The molecule has 0 unspecified atom stereocenters. The Morgan fingerprint density at radius 3 is 0.774 bits per heavy atom. The van der Waals surface area contributed by atoms with Crippen LogP contribution in [0.3, 0.4) is 0 Å². The fraction of sp³-hybridized carbons (Fsp3) is 0.850. The third kappa shape index (κ3) is 4.82. The first-order valence-corrected chi connectivity index (χ1v) is 11.6. The lowest BCUT2D eigenvalue weighted by atomic mass is 9.70. The number of esters is 1. The summed E-state index contributed by atoms with van der Waals surface area (Å²) in [5.41, 5.74) is -13.0. The van der Waals surface area contributed by atoms with Crippen LogP contribution in [0.25, 0.3) is 0 Å². The number of rotatable bonds is 6. The molecule has 1 fully saturated rings. The quantitative estimate of drug-likeness (QED) is 0.151. The van der Waals surface area contributed by atoms with Gasteiger partial charge >= 0.3 is 101 Å². The molecule has 1 aliphatic rings. The molecule has 0 atom stereocenters. The lowest BCUT2D eigenvalue weighted by Crippen LogP contribution is -2.87. The summed E-state index contributed by atoms with van der Waals surface area (Å²) in [6.45, 7) is 2.18. The number of carbonyl (C=O) groups is 1. The van der Waals surface area contributed by atoms with E-state index in [0.29, 0.717) is 0 Å². The van der Waals surface area contributed by atoms with E-state index in [2.05, 4.69) is 6.58 Å². The van der Waals surface area contributed by atoms with Crippen LogP contribution >= 0.6 is 0 Å². The standard InChI is InChI=1S/C20H5F31O2/c1-3(2)4(52)53-20(50,51)19(48,49)11(32,33)8(26,27)5(21)6(22,23)9(28,29)12(34,35)14(38,39)16(42,43)18(46,47)17(44,45)15(40,41)13(36,37)10(30,31)7(5,24)25/h1H2,2H3. The van der Waals surface area contributed by atoms with Crippen molar-refractivity contribution >= 4 is 5.97 Å². The number of halogens is 31. The second kappa shape index (κ2) is 11.3. The van der Waals surface area contributed by atoms with Gasteiger partial charge in [0, 0.05) is 5.57 Å². The zero-order valence-corrected chi connectivity index (χ0v) is 23.2. The normalized spacial score (nSPS) is 28.1. The SMILES string of the molecule is C=C(C)C(=O)OC(F)(F)C(F)(F)C(F)(F)C(F)(F)C1(F)C(F)(F)C(F)(F)C(F)(F)C(F)(F)C(F)(F)C(F)(F)C(F)(F)C(F)(F)C(F)(F)C(F)(F)C1(F)F. The van der Waals surface area contributed by atoms with Gasteiger partial charge in [-0.3, -0.25) is 0 Å². The van der Waals surface area contributed by atoms with Crippen LogP contribution in [-0.2, 0) is 9.53 Å². The summed E-state index contributed by atoms with van der Waals surface area (Å²) in [7, 11) is 0. The average molecular weight is 866 g/mol. The summed E-state index contributed by atoms with van der Waals surface area (Å²) in [5.74, 6) is -147. The first-order valence-electron chi connectivity index (χ1n) is 11.6. The van der Waals surface area contributed by atoms with Crippen LogP contribution in [0.15, 0.2) is 12.2 Å². The van der Waals surface area contributed by atoms with E-state index in [0.717, 1.165) is 0 Å². The van der Waals surface area contributed by atoms with E-state index in [1.807, 2.05) is 4.74 Å². The highest BCUT2D eigenvalue weighted by Gasteiger charge is 3.07. The molecule has 0 aromatic heterocycles. The van der Waals surface area contributed by atoms with Gasteiger partial charge in [0.2, 0.25) is 0 Å². The summed E-state index contributed by atoms with van der Waals surface area (Å²) in [4.78, 5) is 11.0. The van der Waals surface area contributed by atoms with Crippen molar-refractivity contribution in [1.29, 1.82) is 0 Å². The van der Waals surface area contributed by atoms with Gasteiger partial charge in [0.05, 0.1) is 0 Å². The van der Waals surface area contributed by atoms with Crippen molar-refractivity contribution in [2.75, 3.05) is 0 Å². The van der Waals surface area contributed by atoms with Crippen molar-refractivity contribution in [3.05, 3.63) is 12.2 Å². The van der Waals surface area contributed by atoms with Gasteiger partial charge in [-0.25, -0.2) is 9.18 Å². The van der Waals surface area contributed by atoms with Crippen molar-refractivity contribution in [1.82, 2.24) is 0 Å². The Kier molecular flexibility index (Phi) is 10.3. The highest BCUT2D eigenvalue weighted by atomic mass is 19.4. The maximum absolute atomic E-state index is 15.3. The second-order valence-corrected chi connectivity index (χ2v) is 10.4. The molecule has 0 radical (unpaired) electrons. The molecule has 1 aliphatic carbocycles. The van der Waals surface area contributed by atoms with E-state index < -0.39 is 106 Å². The lowest BCUT2D eigenvalue weighted by molar-refractivity contribution is -0.518. The van der Waals surface area contributed by atoms with Crippen LogP contribution in [0.1, 0.15) is 6.92 Å². The van der Waals surface area contributed by atoms with Gasteiger partial charge in [-0.2, -0.15) is 132 Å². The van der Waals surface area contributed by atoms with E-state index in [4.69, 9.17) is 0 Å². The fourth-order valence-corrected chi connectivity index (χ4v) is 3.66. The van der Waals surface area contributed by atoms with Crippen LogP contribution in [0.4, 0.5) is 136 Å². The predicted octanol–water partition coefficient (Wildman–Crippen LogP) is 10.3. The molecule has 1 rings (SSSR count). The number of alkyl halides is 31. The Morgan fingerprint density at radius 2 is 0.585 bits per heavy atom. The molecule has 33 heteroatoms. The number of carbonyl (C=O) groups excluding carboxylic acids is 1. The van der Waals surface area contributed by atoms with Crippen LogP contribution in [-0.4, -0.2) is 101 Å². The zero-order valence-electron chi connectivity index (χ0n) is 23.2. The average Bonchev–Trinajstić information content (AvgIpc) is 2.93. The van der Waals surface area contributed by atoms with Gasteiger partial charge in [-0.15, -0.1) is 0 Å². The first-order chi connectivity index (χ1) is 22.3. The number of hydrogen-bond acceptors (Lipinski definition) is 2. The van der Waals surface area contributed by atoms with Crippen LogP contribution in [0, 0.1) is 0 Å². The molecule has 0 N–H and O–H groups in total. The Balaban J connectivity index is 4.94. The maximum atomic E-state index is 15.3. The van der Waals surface area contributed by atoms with E-state index in [-0.39, 0.29) is 6.92 Å². The zero-order chi connectivity index (χ0) is 43.9. The largest absolute Gasteiger partial charge is 0.473 e. The number of ether oxygens (including phenoxy) is 1. The molecular weight excluding hydrogens is 861 g/mol. The highest BCUT2D eigenvalue weighted by molar-refractivity contribution is 5.87. The van der Waals surface area contributed by atoms with Crippen molar-refractivity contribution in [2.24, 2.45) is 0 Å². The van der Waals surface area contributed by atoms with Gasteiger partial charge in [0.15, 0.2) is 0 Å². The van der Waals surface area contributed by atoms with Crippen LogP contribution < -0.4 is 0 Å². The molecular formula is C20H5F31O2. The van der Waals surface area contributed by atoms with Crippen molar-refractivity contribution in [3.8, 4) is 0 Å². The maximum Gasteiger partial charge on any atom is 0.473 e. The Labute approximate surface area is 266 Å². The minimum atomic E-state index is -11.2. The molecule has 53 heavy (non-hydrogen) atoms. The van der Waals surface area contributed by atoms with Crippen molar-refractivity contribution in [3.63, 3.8) is 0 Å². The van der Waals surface area contributed by atoms with Crippen LogP contribution in [0.5, 0.6) is 0 Å². The molecule has 1 saturated carbocycles. The number of hydrogen-bond donors (Lipinski definition) is 0. The predicted molar refractivity (Wildman–Crippen MR) is 99.0 cm³/mol. The Morgan fingerprint density at radius 1 is 0.396 bits per heavy atom. The van der Waals surface area contributed by atoms with E-state index in [1.165, 1.54) is 0 Å². The van der Waals surface area contributed by atoms with Crippen molar-refractivity contribution in [2.45, 2.75) is 102 Å². The second-order valence-electron chi connectivity index (χ2n) is 10.4. The Bertz CT molecular complexity index is 1400. The summed E-state index contributed by atoms with van der Waals surface area (Å²) in [5, 5.41) is 0. The first kappa shape index (κ1) is 48.1. The van der Waals surface area contributed by atoms with Crippen LogP contribution in [0.2, 0.25) is 0 Å². The monoisotopic (exact) mass is 866 g/mol. The molecule has 0 amide bonds. The van der Waals surface area contributed by atoms with Gasteiger partial charge in [-0.05, 0) is 6.92 Å². The molecule has 0 bridgehead atoms. The summed E-state index contributed by atoms with van der Waals surface area (Å²) < 4.78 is 441. The molecule has 0 aromatic rings. The lowest BCUT2D eigenvalue weighted by Gasteiger charge is -2.53. The Hall–Kier alpha value is -2.96. The highest BCUT2D eigenvalue weighted by Crippen LogP contribution is 2.74. The van der Waals surface area contributed by atoms with Crippen molar-refractivity contribution < 1.29 is 146 Å². The van der Waals surface area contributed by atoms with Gasteiger partial charge in [0.1, 0.15) is 0 Å². The third-order valence-electron chi connectivity index (χ3n) is 6.96. The van der Waals surface area contributed by atoms with E-state index >= 15 is 4.39 Å². The molecule has 2 nitrogen and oxygen atoms in total. The topological polar surface area (TPSA) is 26.3 Å². The molecule has 0 heterocycles. The summed E-state index contributed by atoms with van der Waals surface area (Å²) >= 11 is 0. The third-order valence-corrected chi connectivity index (χ3v) is 6.96. The van der Waals surface area contributed by atoms with E-state index in [9.17, 15) is 137 Å². The minimum absolute atomic E-state index is 0.00909.